The Bertz CT molecular complexity index is 852. The molecule has 0 fully saturated rings. The van der Waals surface area contributed by atoms with Gasteiger partial charge >= 0.3 is 0 Å². The largest absolute Gasteiger partial charge is 0.240 e. The molecular formula is C12H11FN4O2S2. The number of sulfonamides is 1. The Kier molecular flexibility index (Phi) is 3.47. The minimum Gasteiger partial charge on any atom is -0.223 e. The van der Waals surface area contributed by atoms with Crippen molar-refractivity contribution in [2.45, 2.75) is 18.4 Å². The summed E-state index contributed by atoms with van der Waals surface area (Å²) in [5, 5.41) is 4.83. The fourth-order valence-electron chi connectivity index (χ4n) is 1.78. The van der Waals surface area contributed by atoms with Crippen molar-refractivity contribution in [3.8, 4) is 0 Å². The highest BCUT2D eigenvalue weighted by molar-refractivity contribution is 7.89. The summed E-state index contributed by atoms with van der Waals surface area (Å²) in [6.45, 7) is 1.92. The van der Waals surface area contributed by atoms with Crippen LogP contribution in [0.25, 0.3) is 4.96 Å². The summed E-state index contributed by atoms with van der Waals surface area (Å²) in [5.74, 6) is -0.481. The van der Waals surface area contributed by atoms with Crippen LogP contribution in [0.15, 0.2) is 35.4 Å². The molecule has 0 aliphatic carbocycles. The van der Waals surface area contributed by atoms with Crippen molar-refractivity contribution in [1.29, 1.82) is 0 Å². The summed E-state index contributed by atoms with van der Waals surface area (Å²) in [5.41, 5.74) is 0.854. The van der Waals surface area contributed by atoms with Gasteiger partial charge in [0.05, 0.1) is 23.3 Å². The van der Waals surface area contributed by atoms with E-state index in [1.165, 1.54) is 23.5 Å². The molecular weight excluding hydrogens is 315 g/mol. The van der Waals surface area contributed by atoms with E-state index in [9.17, 15) is 12.8 Å². The Morgan fingerprint density at radius 3 is 2.71 bits per heavy atom. The summed E-state index contributed by atoms with van der Waals surface area (Å²) < 4.78 is 40.9. The number of nitrogens with zero attached hydrogens (tertiary/aromatic N) is 3. The number of nitrogens with one attached hydrogen (secondary N) is 1. The molecule has 0 radical (unpaired) electrons. The maximum atomic E-state index is 12.8. The number of imidazole rings is 1. The van der Waals surface area contributed by atoms with E-state index in [1.807, 2.05) is 6.92 Å². The fraction of sp³-hybridized carbons (Fsp3) is 0.167. The van der Waals surface area contributed by atoms with Gasteiger partial charge in [-0.2, -0.15) is 5.10 Å². The topological polar surface area (TPSA) is 76.4 Å². The lowest BCUT2D eigenvalue weighted by atomic mass is 10.4. The van der Waals surface area contributed by atoms with Crippen molar-refractivity contribution in [3.63, 3.8) is 0 Å². The van der Waals surface area contributed by atoms with E-state index < -0.39 is 15.8 Å². The molecule has 2 aromatic heterocycles. The maximum absolute atomic E-state index is 12.8. The Morgan fingerprint density at radius 1 is 1.33 bits per heavy atom. The van der Waals surface area contributed by atoms with Gasteiger partial charge in [-0.05, 0) is 31.2 Å². The SMILES string of the molecule is Cc1cn2nc(CNS(=O)(=O)c3ccc(F)cc3)sc2n1. The number of aromatic nitrogens is 3. The molecule has 0 saturated heterocycles. The average Bonchev–Trinajstić information content (AvgIpc) is 2.94. The van der Waals surface area contributed by atoms with Crippen molar-refractivity contribution in [1.82, 2.24) is 19.3 Å². The second kappa shape index (κ2) is 5.17. The highest BCUT2D eigenvalue weighted by atomic mass is 32.2. The molecule has 0 bridgehead atoms. The lowest BCUT2D eigenvalue weighted by Gasteiger charge is -2.04. The smallest absolute Gasteiger partial charge is 0.223 e. The zero-order chi connectivity index (χ0) is 15.0. The zero-order valence-electron chi connectivity index (χ0n) is 10.9. The van der Waals surface area contributed by atoms with Gasteiger partial charge in [-0.25, -0.2) is 27.0 Å². The number of hydrogen-bond donors (Lipinski definition) is 1. The molecule has 2 heterocycles. The molecule has 0 amide bonds. The molecule has 9 heteroatoms. The molecule has 1 N–H and O–H groups in total. The molecule has 0 atom stereocenters. The standard InChI is InChI=1S/C12H11FN4O2S2/c1-8-7-17-12(15-8)20-11(16-17)6-14-21(18,19)10-4-2-9(13)3-5-10/h2-5,7,14H,6H2,1H3. The summed E-state index contributed by atoms with van der Waals surface area (Å²) in [6, 6.07) is 4.65. The van der Waals surface area contributed by atoms with Crippen LogP contribution in [-0.4, -0.2) is 23.0 Å². The summed E-state index contributed by atoms with van der Waals surface area (Å²) in [4.78, 5) is 4.97. The van der Waals surface area contributed by atoms with Gasteiger partial charge in [0, 0.05) is 0 Å². The Balaban J connectivity index is 1.76. The van der Waals surface area contributed by atoms with Crippen LogP contribution in [0, 0.1) is 12.7 Å². The first-order chi connectivity index (χ1) is 9.94. The zero-order valence-corrected chi connectivity index (χ0v) is 12.6. The predicted molar refractivity (Wildman–Crippen MR) is 76.0 cm³/mol. The third-order valence-corrected chi connectivity index (χ3v) is 5.08. The Labute approximate surface area is 124 Å². The van der Waals surface area contributed by atoms with Gasteiger partial charge in [-0.3, -0.25) is 0 Å². The maximum Gasteiger partial charge on any atom is 0.240 e. The summed E-state index contributed by atoms with van der Waals surface area (Å²) in [7, 11) is -3.68. The van der Waals surface area contributed by atoms with Crippen molar-refractivity contribution >= 4 is 26.3 Å². The number of benzene rings is 1. The molecule has 3 rings (SSSR count). The van der Waals surface area contributed by atoms with Gasteiger partial charge in [-0.15, -0.1) is 0 Å². The first kappa shape index (κ1) is 14.1. The van der Waals surface area contributed by atoms with Crippen LogP contribution in [0.5, 0.6) is 0 Å². The third kappa shape index (κ3) is 2.94. The first-order valence-corrected chi connectivity index (χ1v) is 8.31. The van der Waals surface area contributed by atoms with Crippen LogP contribution in [-0.2, 0) is 16.6 Å². The lowest BCUT2D eigenvalue weighted by molar-refractivity contribution is 0.579. The van der Waals surface area contributed by atoms with E-state index in [4.69, 9.17) is 0 Å². The first-order valence-electron chi connectivity index (χ1n) is 6.01. The normalized spacial score (nSPS) is 12.1. The van der Waals surface area contributed by atoms with Gasteiger partial charge in [0.15, 0.2) is 0 Å². The van der Waals surface area contributed by atoms with Crippen LogP contribution in [0.2, 0.25) is 0 Å². The van der Waals surface area contributed by atoms with Crippen LogP contribution >= 0.6 is 11.3 Å². The molecule has 6 nitrogen and oxygen atoms in total. The second-order valence-electron chi connectivity index (χ2n) is 4.38. The lowest BCUT2D eigenvalue weighted by Crippen LogP contribution is -2.23. The van der Waals surface area contributed by atoms with E-state index in [0.717, 1.165) is 17.8 Å². The summed E-state index contributed by atoms with van der Waals surface area (Å²) in [6.07, 6.45) is 1.77. The predicted octanol–water partition coefficient (Wildman–Crippen LogP) is 1.72. The molecule has 21 heavy (non-hydrogen) atoms. The van der Waals surface area contributed by atoms with Gasteiger partial charge < -0.3 is 0 Å². The van der Waals surface area contributed by atoms with E-state index in [-0.39, 0.29) is 11.4 Å². The van der Waals surface area contributed by atoms with Crippen molar-refractivity contribution in [3.05, 3.63) is 47.0 Å². The Hall–Kier alpha value is -1.84. The minimum absolute atomic E-state index is 0.0149. The third-order valence-electron chi connectivity index (χ3n) is 2.74. The van der Waals surface area contributed by atoms with Gasteiger partial charge in [-0.1, -0.05) is 11.3 Å². The van der Waals surface area contributed by atoms with E-state index in [1.54, 1.807) is 10.7 Å². The van der Waals surface area contributed by atoms with E-state index >= 15 is 0 Å². The molecule has 3 aromatic rings. The van der Waals surface area contributed by atoms with Crippen molar-refractivity contribution in [2.75, 3.05) is 0 Å². The van der Waals surface area contributed by atoms with Crippen LogP contribution < -0.4 is 4.72 Å². The van der Waals surface area contributed by atoms with Gasteiger partial charge in [0.2, 0.25) is 15.0 Å². The van der Waals surface area contributed by atoms with Gasteiger partial charge in [0.1, 0.15) is 10.8 Å². The molecule has 0 aliphatic rings. The van der Waals surface area contributed by atoms with E-state index in [0.29, 0.717) is 9.97 Å². The highest BCUT2D eigenvalue weighted by Gasteiger charge is 2.15. The number of rotatable bonds is 4. The second-order valence-corrected chi connectivity index (χ2v) is 7.19. The van der Waals surface area contributed by atoms with Crippen LogP contribution in [0.3, 0.4) is 0 Å². The quantitative estimate of drug-likeness (QED) is 0.792. The Morgan fingerprint density at radius 2 is 2.05 bits per heavy atom. The molecule has 110 valence electrons. The number of halogens is 1. The monoisotopic (exact) mass is 326 g/mol. The number of hydrogen-bond acceptors (Lipinski definition) is 5. The minimum atomic E-state index is -3.68. The van der Waals surface area contributed by atoms with Crippen LogP contribution in [0.1, 0.15) is 10.7 Å². The number of aryl methyl sites for hydroxylation is 1. The summed E-state index contributed by atoms with van der Waals surface area (Å²) >= 11 is 1.31. The molecule has 1 aromatic carbocycles. The molecule has 0 saturated carbocycles. The molecule has 0 spiro atoms. The van der Waals surface area contributed by atoms with Crippen molar-refractivity contribution < 1.29 is 12.8 Å². The molecule has 0 unspecified atom stereocenters. The van der Waals surface area contributed by atoms with E-state index in [2.05, 4.69) is 14.8 Å². The van der Waals surface area contributed by atoms with Crippen LogP contribution in [0.4, 0.5) is 4.39 Å². The fourth-order valence-corrected chi connectivity index (χ4v) is 3.72. The highest BCUT2D eigenvalue weighted by Crippen LogP contribution is 2.15. The average molecular weight is 326 g/mol. The van der Waals surface area contributed by atoms with Crippen molar-refractivity contribution in [2.24, 2.45) is 0 Å². The molecule has 0 aliphatic heterocycles. The number of fused-ring (bicyclic) bond motifs is 1. The van der Waals surface area contributed by atoms with Gasteiger partial charge in [0.25, 0.3) is 0 Å².